The van der Waals surface area contributed by atoms with E-state index in [0.717, 1.165) is 0 Å². The fraction of sp³-hybridized carbons (Fsp3) is 0.714. The molecule has 2 aliphatic heterocycles. The van der Waals surface area contributed by atoms with Crippen LogP contribution >= 0.6 is 0 Å². The highest BCUT2D eigenvalue weighted by molar-refractivity contribution is 6.05. The van der Waals surface area contributed by atoms with Gasteiger partial charge in [0.05, 0.1) is 37.6 Å². The van der Waals surface area contributed by atoms with Crippen LogP contribution in [0.25, 0.3) is 0 Å². The Hall–Kier alpha value is -5.10. The van der Waals surface area contributed by atoms with E-state index in [1.165, 1.54) is 37.8 Å². The number of ketones is 1. The number of carbonyl (C=O) groups is 8. The normalized spacial score (nSPS) is 27.8. The minimum atomic E-state index is -1.55. The Labute approximate surface area is 396 Å². The number of aliphatic hydroxyl groups excluding tert-OH is 1. The number of aliphatic hydroxyl groups is 1. The number of nitrogens with one attached hydrogen (secondary N) is 4. The number of carbonyl (C=O) groups excluding carboxylic acids is 8. The van der Waals surface area contributed by atoms with Crippen LogP contribution in [-0.4, -0.2) is 144 Å². The highest BCUT2D eigenvalue weighted by Gasteiger charge is 2.44. The molecule has 0 spiro atoms. The number of cyclic esters (lactones) is 2. The SMILES string of the molecule is CC[C@H](C)[C@H]1NC(=O)[C@H](NC(=O)[C@@H](CC(C)C)NC)[C@@H](C)OC(=O)[C@H](Cc2ccc(OC)cc2)N(C)C(=O)[C@@H]2CCCN2C(=O)[C@H](CC(C)C)NC(=O)[C@@H](C)C(=O)[C@H](C(C)C)OC(=O)C[C@@H]1O. The molecule has 2 saturated heterocycles. The molecule has 0 unspecified atom stereocenters. The summed E-state index contributed by atoms with van der Waals surface area (Å²) < 4.78 is 17.1. The number of esters is 2. The summed E-state index contributed by atoms with van der Waals surface area (Å²) >= 11 is 0. The summed E-state index contributed by atoms with van der Waals surface area (Å²) in [7, 11) is 4.56. The molecule has 376 valence electrons. The zero-order valence-electron chi connectivity index (χ0n) is 41.9. The fourth-order valence-corrected chi connectivity index (χ4v) is 8.55. The molecule has 0 radical (unpaired) electrons. The van der Waals surface area contributed by atoms with Crippen molar-refractivity contribution in [2.24, 2.45) is 29.6 Å². The van der Waals surface area contributed by atoms with E-state index in [0.29, 0.717) is 30.6 Å². The smallest absolute Gasteiger partial charge is 0.329 e. The lowest BCUT2D eigenvalue weighted by molar-refractivity contribution is -0.163. The van der Waals surface area contributed by atoms with Gasteiger partial charge in [0.2, 0.25) is 29.5 Å². The number of amides is 5. The molecule has 5 N–H and O–H groups in total. The third-order valence-corrected chi connectivity index (χ3v) is 12.9. The number of fused-ring (bicyclic) bond motifs is 1. The first-order valence-electron chi connectivity index (χ1n) is 23.9. The Balaban J connectivity index is 2.23. The van der Waals surface area contributed by atoms with Crippen LogP contribution in [-0.2, 0) is 54.3 Å². The van der Waals surface area contributed by atoms with E-state index in [1.807, 2.05) is 34.6 Å². The molecule has 5 amide bonds. The van der Waals surface area contributed by atoms with Gasteiger partial charge < -0.3 is 50.4 Å². The third kappa shape index (κ3) is 15.5. The predicted octanol–water partition coefficient (Wildman–Crippen LogP) is 2.71. The predicted molar refractivity (Wildman–Crippen MR) is 250 cm³/mol. The van der Waals surface area contributed by atoms with Gasteiger partial charge in [0.25, 0.3) is 0 Å². The summed E-state index contributed by atoms with van der Waals surface area (Å²) in [5, 5.41) is 22.9. The standard InChI is InChI=1S/C49H78N6O12/c1-14-29(8)40-38(56)25-39(57)67-43(28(6)7)42(58)30(9)44(59)51-35(23-27(4)5)47(62)55-21-15-16-36(55)48(63)54(12)37(24-32-17-19-33(65-13)20-18-32)49(64)66-31(10)41(46(61)52-40)53-45(60)34(50-11)22-26(2)3/h17-20,26-31,34-38,40-41,43,50,56H,14-16,21-25H2,1-13H3,(H,51,59)(H,52,61)(H,53,60)/t29-,30-,31+,34+,35-,36-,37-,38-,40+,41+,43-/m0/s1. The van der Waals surface area contributed by atoms with Gasteiger partial charge in [-0.2, -0.15) is 0 Å². The van der Waals surface area contributed by atoms with Crippen molar-refractivity contribution in [1.82, 2.24) is 31.1 Å². The second-order valence-corrected chi connectivity index (χ2v) is 19.5. The van der Waals surface area contributed by atoms with E-state index < -0.39 is 126 Å². The van der Waals surface area contributed by atoms with Gasteiger partial charge in [-0.05, 0) is 87.9 Å². The van der Waals surface area contributed by atoms with E-state index in [4.69, 9.17) is 14.2 Å². The fourth-order valence-electron chi connectivity index (χ4n) is 8.55. The summed E-state index contributed by atoms with van der Waals surface area (Å²) in [6, 6.07) is 0.0322. The van der Waals surface area contributed by atoms with E-state index >= 15 is 0 Å². The molecule has 2 fully saturated rings. The summed E-state index contributed by atoms with van der Waals surface area (Å²) in [5.41, 5.74) is 0.631. The minimum Gasteiger partial charge on any atom is -0.497 e. The van der Waals surface area contributed by atoms with Crippen molar-refractivity contribution in [3.8, 4) is 5.75 Å². The van der Waals surface area contributed by atoms with Gasteiger partial charge in [0.1, 0.15) is 36.0 Å². The second-order valence-electron chi connectivity index (χ2n) is 19.5. The molecule has 2 heterocycles. The number of likely N-dealkylation sites (N-methyl/N-ethyl adjacent to an activating group) is 2. The lowest BCUT2D eigenvalue weighted by Gasteiger charge is -2.35. The van der Waals surface area contributed by atoms with Gasteiger partial charge in [0, 0.05) is 20.0 Å². The molecule has 1 aromatic carbocycles. The van der Waals surface area contributed by atoms with E-state index in [1.54, 1.807) is 52.1 Å². The molecule has 18 heteroatoms. The molecule has 11 atom stereocenters. The largest absolute Gasteiger partial charge is 0.497 e. The first-order valence-corrected chi connectivity index (χ1v) is 23.9. The van der Waals surface area contributed by atoms with Gasteiger partial charge in [0.15, 0.2) is 11.9 Å². The van der Waals surface area contributed by atoms with E-state index in [2.05, 4.69) is 21.3 Å². The number of ether oxygens (including phenoxy) is 3. The van der Waals surface area contributed by atoms with Crippen molar-refractivity contribution in [3.05, 3.63) is 29.8 Å². The van der Waals surface area contributed by atoms with Gasteiger partial charge in [-0.1, -0.05) is 73.9 Å². The first kappa shape index (κ1) is 56.2. The first-order chi connectivity index (χ1) is 31.4. The Kier molecular flexibility index (Phi) is 21.7. The molecular weight excluding hydrogens is 865 g/mol. The lowest BCUT2D eigenvalue weighted by atomic mass is 9.91. The van der Waals surface area contributed by atoms with Crippen molar-refractivity contribution in [2.75, 3.05) is 27.7 Å². The maximum atomic E-state index is 14.7. The number of hydrogen-bond donors (Lipinski definition) is 5. The third-order valence-electron chi connectivity index (χ3n) is 12.9. The van der Waals surface area contributed by atoms with Gasteiger partial charge in [-0.15, -0.1) is 0 Å². The van der Waals surface area contributed by atoms with Crippen LogP contribution in [0.3, 0.4) is 0 Å². The Bertz CT molecular complexity index is 1870. The second kappa shape index (κ2) is 25.9. The van der Waals surface area contributed by atoms with Crippen LogP contribution in [0.1, 0.15) is 113 Å². The molecule has 2 aliphatic rings. The lowest BCUT2D eigenvalue weighted by Crippen LogP contribution is -2.61. The average Bonchev–Trinajstić information content (AvgIpc) is 3.77. The van der Waals surface area contributed by atoms with Crippen molar-refractivity contribution < 1.29 is 57.7 Å². The molecule has 0 saturated carbocycles. The highest BCUT2D eigenvalue weighted by atomic mass is 16.6. The number of Topliss-reactive ketones (excluding diaryl/α,β-unsaturated/α-hetero) is 1. The molecule has 67 heavy (non-hydrogen) atoms. The summed E-state index contributed by atoms with van der Waals surface area (Å²) in [6.07, 6.45) is -3.30. The number of nitrogens with zero attached hydrogens (tertiary/aromatic N) is 2. The zero-order valence-corrected chi connectivity index (χ0v) is 41.9. The number of methoxy groups -OCH3 is 1. The molecule has 1 aromatic rings. The quantitative estimate of drug-likeness (QED) is 0.142. The van der Waals surface area contributed by atoms with Crippen LogP contribution in [0, 0.1) is 29.6 Å². The topological polar surface area (TPSA) is 239 Å². The molecule has 3 rings (SSSR count). The molecule has 0 aliphatic carbocycles. The number of hydrogen-bond acceptors (Lipinski definition) is 13. The average molecular weight is 943 g/mol. The monoisotopic (exact) mass is 943 g/mol. The number of benzene rings is 1. The number of rotatable bonds is 13. The van der Waals surface area contributed by atoms with Crippen molar-refractivity contribution in [3.63, 3.8) is 0 Å². The van der Waals surface area contributed by atoms with Crippen LogP contribution in [0.15, 0.2) is 24.3 Å². The Morgan fingerprint density at radius 1 is 0.910 bits per heavy atom. The molecule has 18 nitrogen and oxygen atoms in total. The molecular formula is C49H78N6O12. The molecule has 0 aromatic heterocycles. The van der Waals surface area contributed by atoms with Crippen LogP contribution < -0.4 is 26.0 Å². The van der Waals surface area contributed by atoms with Gasteiger partial charge in [-0.3, -0.25) is 33.6 Å². The van der Waals surface area contributed by atoms with Crippen LogP contribution in [0.2, 0.25) is 0 Å². The zero-order chi connectivity index (χ0) is 50.4. The van der Waals surface area contributed by atoms with E-state index in [-0.39, 0.29) is 37.6 Å². The van der Waals surface area contributed by atoms with Crippen molar-refractivity contribution >= 4 is 47.3 Å². The summed E-state index contributed by atoms with van der Waals surface area (Å²) in [5.74, 6) is -7.71. The summed E-state index contributed by atoms with van der Waals surface area (Å²) in [4.78, 5) is 116. The van der Waals surface area contributed by atoms with Crippen molar-refractivity contribution in [1.29, 1.82) is 0 Å². The van der Waals surface area contributed by atoms with Gasteiger partial charge >= 0.3 is 11.9 Å². The van der Waals surface area contributed by atoms with E-state index in [9.17, 15) is 43.5 Å². The van der Waals surface area contributed by atoms with Crippen LogP contribution in [0.4, 0.5) is 0 Å². The Morgan fingerprint density at radius 3 is 2.10 bits per heavy atom. The maximum absolute atomic E-state index is 14.7. The van der Waals surface area contributed by atoms with Crippen molar-refractivity contribution in [2.45, 2.75) is 169 Å². The highest BCUT2D eigenvalue weighted by Crippen LogP contribution is 2.26. The maximum Gasteiger partial charge on any atom is 0.329 e. The van der Waals surface area contributed by atoms with Crippen LogP contribution in [0.5, 0.6) is 5.75 Å². The Morgan fingerprint density at radius 2 is 1.55 bits per heavy atom. The van der Waals surface area contributed by atoms with Gasteiger partial charge in [-0.25, -0.2) is 4.79 Å². The molecule has 0 bridgehead atoms. The minimum absolute atomic E-state index is 0.0500. The summed E-state index contributed by atoms with van der Waals surface area (Å²) in [6.45, 7) is 17.4.